The Balaban J connectivity index is 1.79. The van der Waals surface area contributed by atoms with Gasteiger partial charge in [0, 0.05) is 9.58 Å². The molecule has 1 unspecified atom stereocenters. The van der Waals surface area contributed by atoms with E-state index in [1.54, 1.807) is 4.88 Å². The third-order valence-corrected chi connectivity index (χ3v) is 5.38. The first-order valence-electron chi connectivity index (χ1n) is 7.13. The third kappa shape index (κ3) is 1.92. The fourth-order valence-corrected chi connectivity index (χ4v) is 4.27. The number of allylic oxidation sites excluding steroid dienone is 2. The Morgan fingerprint density at radius 2 is 2.10 bits per heavy atom. The molecule has 1 aliphatic carbocycles. The van der Waals surface area contributed by atoms with Gasteiger partial charge in [0.05, 0.1) is 6.04 Å². The van der Waals surface area contributed by atoms with Crippen LogP contribution in [-0.4, -0.2) is 6.04 Å². The monoisotopic (exact) mass is 279 g/mol. The lowest BCUT2D eigenvalue weighted by molar-refractivity contribution is 0.731. The molecule has 0 amide bonds. The molecule has 2 heterocycles. The first kappa shape index (κ1) is 12.0. The average molecular weight is 279 g/mol. The zero-order valence-electron chi connectivity index (χ0n) is 11.5. The lowest BCUT2D eigenvalue weighted by Gasteiger charge is -2.23. The van der Waals surface area contributed by atoms with Crippen LogP contribution in [0, 0.1) is 0 Å². The van der Waals surface area contributed by atoms with E-state index in [1.165, 1.54) is 33.2 Å². The summed E-state index contributed by atoms with van der Waals surface area (Å²) in [5, 5.41) is 4.88. The summed E-state index contributed by atoms with van der Waals surface area (Å²) in [5.41, 5.74) is 4.30. The van der Waals surface area contributed by atoms with Crippen LogP contribution in [0.4, 0.5) is 0 Å². The lowest BCUT2D eigenvalue weighted by atomic mass is 9.90. The highest BCUT2D eigenvalue weighted by atomic mass is 32.1. The zero-order valence-corrected chi connectivity index (χ0v) is 12.3. The summed E-state index contributed by atoms with van der Waals surface area (Å²) in [4.78, 5) is 1.54. The molecule has 0 fully saturated rings. The van der Waals surface area contributed by atoms with Crippen LogP contribution in [0.3, 0.4) is 0 Å². The van der Waals surface area contributed by atoms with Gasteiger partial charge < -0.3 is 5.32 Å². The molecule has 0 saturated heterocycles. The second-order valence-corrected chi connectivity index (χ2v) is 6.68. The second kappa shape index (κ2) is 4.64. The molecule has 1 aromatic carbocycles. The van der Waals surface area contributed by atoms with Gasteiger partial charge in [-0.1, -0.05) is 35.9 Å². The fourth-order valence-electron chi connectivity index (χ4n) is 3.08. The summed E-state index contributed by atoms with van der Waals surface area (Å²) in [5.74, 6) is 0. The van der Waals surface area contributed by atoms with Crippen molar-refractivity contribution in [3.63, 3.8) is 0 Å². The zero-order chi connectivity index (χ0) is 13.5. The summed E-state index contributed by atoms with van der Waals surface area (Å²) in [6, 6.07) is 9.13. The van der Waals surface area contributed by atoms with E-state index in [0.717, 1.165) is 6.42 Å². The molecule has 1 aromatic heterocycles. The first-order chi connectivity index (χ1) is 9.81. The fraction of sp³-hybridized carbons (Fsp3) is 0.222. The minimum atomic E-state index is 0.367. The molecule has 1 nitrogen and oxygen atoms in total. The maximum absolute atomic E-state index is 3.47. The van der Waals surface area contributed by atoms with Crippen LogP contribution >= 0.6 is 11.3 Å². The van der Waals surface area contributed by atoms with Crippen molar-refractivity contribution >= 4 is 27.5 Å². The summed E-state index contributed by atoms with van der Waals surface area (Å²) < 4.78 is 1.42. The van der Waals surface area contributed by atoms with Crippen LogP contribution < -0.4 is 5.32 Å². The molecule has 2 aliphatic rings. The number of thiophene rings is 1. The van der Waals surface area contributed by atoms with Crippen LogP contribution in [0.1, 0.15) is 23.8 Å². The molecule has 0 saturated carbocycles. The number of fused-ring (bicyclic) bond motifs is 3. The van der Waals surface area contributed by atoms with Gasteiger partial charge in [-0.15, -0.1) is 11.3 Å². The van der Waals surface area contributed by atoms with Gasteiger partial charge in [0.15, 0.2) is 0 Å². The summed E-state index contributed by atoms with van der Waals surface area (Å²) in [6.45, 7) is 2.17. The number of benzene rings is 1. The number of nitrogens with one attached hydrogen (secondary N) is 1. The first-order valence-corrected chi connectivity index (χ1v) is 7.95. The largest absolute Gasteiger partial charge is 0.381 e. The quantitative estimate of drug-likeness (QED) is 0.800. The van der Waals surface area contributed by atoms with Gasteiger partial charge >= 0.3 is 0 Å². The van der Waals surface area contributed by atoms with Crippen LogP contribution in [0.5, 0.6) is 0 Å². The number of rotatable bonds is 1. The molecular weight excluding hydrogens is 262 g/mol. The van der Waals surface area contributed by atoms with Gasteiger partial charge in [0.25, 0.3) is 0 Å². The normalized spacial score (nSPS) is 21.1. The highest BCUT2D eigenvalue weighted by Gasteiger charge is 2.20. The molecule has 0 radical (unpaired) electrons. The SMILES string of the molecule is CC1=CC(C2=Cc3c(sc4ccccc34)CC2)NC=C1. The topological polar surface area (TPSA) is 12.0 Å². The average Bonchev–Trinajstić information content (AvgIpc) is 2.85. The second-order valence-electron chi connectivity index (χ2n) is 5.54. The van der Waals surface area contributed by atoms with Crippen molar-refractivity contribution in [1.82, 2.24) is 5.32 Å². The minimum Gasteiger partial charge on any atom is -0.381 e. The van der Waals surface area contributed by atoms with Crippen molar-refractivity contribution in [2.24, 2.45) is 0 Å². The molecule has 2 aromatic rings. The molecule has 4 rings (SSSR count). The molecule has 100 valence electrons. The van der Waals surface area contributed by atoms with E-state index in [0.29, 0.717) is 6.04 Å². The van der Waals surface area contributed by atoms with Gasteiger partial charge in [-0.2, -0.15) is 0 Å². The van der Waals surface area contributed by atoms with Crippen LogP contribution in [0.15, 0.2) is 53.8 Å². The van der Waals surface area contributed by atoms with Crippen molar-refractivity contribution in [2.75, 3.05) is 0 Å². The Kier molecular flexibility index (Phi) is 2.78. The molecule has 1 aliphatic heterocycles. The molecular formula is C18H17NS. The van der Waals surface area contributed by atoms with Crippen LogP contribution in [0.25, 0.3) is 16.2 Å². The molecule has 20 heavy (non-hydrogen) atoms. The Bertz CT molecular complexity index is 761. The van der Waals surface area contributed by atoms with Gasteiger partial charge in [-0.3, -0.25) is 0 Å². The van der Waals surface area contributed by atoms with E-state index >= 15 is 0 Å². The van der Waals surface area contributed by atoms with E-state index in [-0.39, 0.29) is 0 Å². The Hall–Kier alpha value is -1.80. The standard InChI is InChI=1S/C18H17NS/c1-12-8-9-19-16(10-12)13-6-7-18-15(11-13)14-4-2-3-5-17(14)20-18/h2-5,8-11,16,19H,6-7H2,1H3. The lowest BCUT2D eigenvalue weighted by Crippen LogP contribution is -2.27. The number of hydrogen-bond donors (Lipinski definition) is 1. The smallest absolute Gasteiger partial charge is 0.0661 e. The maximum atomic E-state index is 3.47. The third-order valence-electron chi connectivity index (χ3n) is 4.13. The van der Waals surface area contributed by atoms with Gasteiger partial charge in [-0.05, 0) is 54.6 Å². The number of aryl methyl sites for hydroxylation is 1. The van der Waals surface area contributed by atoms with E-state index in [1.807, 2.05) is 11.3 Å². The van der Waals surface area contributed by atoms with Crippen molar-refractivity contribution < 1.29 is 0 Å². The van der Waals surface area contributed by atoms with Gasteiger partial charge in [-0.25, -0.2) is 0 Å². The summed E-state index contributed by atoms with van der Waals surface area (Å²) in [7, 11) is 0. The van der Waals surface area contributed by atoms with Crippen molar-refractivity contribution in [3.05, 3.63) is 64.2 Å². The minimum absolute atomic E-state index is 0.367. The summed E-state index contributed by atoms with van der Waals surface area (Å²) in [6.07, 6.45) is 11.3. The van der Waals surface area contributed by atoms with Gasteiger partial charge in [0.2, 0.25) is 0 Å². The highest BCUT2D eigenvalue weighted by molar-refractivity contribution is 7.19. The Morgan fingerprint density at radius 1 is 1.20 bits per heavy atom. The predicted octanol–water partition coefficient (Wildman–Crippen LogP) is 4.66. The highest BCUT2D eigenvalue weighted by Crippen LogP contribution is 2.38. The van der Waals surface area contributed by atoms with Crippen molar-refractivity contribution in [2.45, 2.75) is 25.8 Å². The van der Waals surface area contributed by atoms with Crippen molar-refractivity contribution in [1.29, 1.82) is 0 Å². The van der Waals surface area contributed by atoms with Crippen LogP contribution in [0.2, 0.25) is 0 Å². The van der Waals surface area contributed by atoms with E-state index in [9.17, 15) is 0 Å². The molecule has 0 spiro atoms. The molecule has 1 atom stereocenters. The van der Waals surface area contributed by atoms with E-state index in [2.05, 4.69) is 60.9 Å². The predicted molar refractivity (Wildman–Crippen MR) is 87.9 cm³/mol. The molecule has 1 N–H and O–H groups in total. The van der Waals surface area contributed by atoms with Crippen LogP contribution in [-0.2, 0) is 6.42 Å². The number of hydrogen-bond acceptors (Lipinski definition) is 2. The molecule has 0 bridgehead atoms. The number of dihydropyridines is 1. The van der Waals surface area contributed by atoms with Gasteiger partial charge in [0.1, 0.15) is 0 Å². The van der Waals surface area contributed by atoms with Crippen molar-refractivity contribution in [3.8, 4) is 0 Å². The summed E-state index contributed by atoms with van der Waals surface area (Å²) >= 11 is 1.95. The van der Waals surface area contributed by atoms with E-state index < -0.39 is 0 Å². The maximum Gasteiger partial charge on any atom is 0.0661 e. The molecule has 2 heteroatoms. The Labute approximate surface area is 123 Å². The Morgan fingerprint density at radius 3 is 3.00 bits per heavy atom. The van der Waals surface area contributed by atoms with E-state index in [4.69, 9.17) is 0 Å².